The summed E-state index contributed by atoms with van der Waals surface area (Å²) >= 11 is 0. The summed E-state index contributed by atoms with van der Waals surface area (Å²) in [5.74, 6) is -4.57. The van der Waals surface area contributed by atoms with Gasteiger partial charge >= 0.3 is 23.7 Å². The van der Waals surface area contributed by atoms with Gasteiger partial charge in [0.2, 0.25) is 0 Å². The number of hydrogen-bond donors (Lipinski definition) is 5. The van der Waals surface area contributed by atoms with Gasteiger partial charge in [-0.1, -0.05) is 18.2 Å². The van der Waals surface area contributed by atoms with Gasteiger partial charge in [0.15, 0.2) is 11.2 Å². The van der Waals surface area contributed by atoms with E-state index in [0.29, 0.717) is 18.7 Å². The van der Waals surface area contributed by atoms with Crippen LogP contribution in [0.4, 0.5) is 5.69 Å². The number of nitrogens with zero attached hydrogens (tertiary/aromatic N) is 2. The van der Waals surface area contributed by atoms with Crippen molar-refractivity contribution >= 4 is 34.7 Å². The average molecular weight is 554 g/mol. The van der Waals surface area contributed by atoms with Crippen molar-refractivity contribution in [1.29, 1.82) is 0 Å². The molecular formula is C27H27N3O10. The van der Waals surface area contributed by atoms with E-state index < -0.39 is 36.4 Å². The highest BCUT2D eigenvalue weighted by atomic mass is 16.5. The zero-order chi connectivity index (χ0) is 29.3. The number of rotatable bonds is 11. The molecular weight excluding hydrogens is 526 g/mol. The Labute approximate surface area is 226 Å². The lowest BCUT2D eigenvalue weighted by Crippen LogP contribution is -2.42. The molecule has 0 atom stereocenters. The number of aryl methyl sites for hydroxylation is 1. The summed E-state index contributed by atoms with van der Waals surface area (Å²) in [5.41, 5.74) is 1.61. The number of carboxylic acids is 3. The van der Waals surface area contributed by atoms with Gasteiger partial charge in [0, 0.05) is 43.3 Å². The number of aromatic nitrogens is 2. The van der Waals surface area contributed by atoms with Crippen LogP contribution in [0, 0.1) is 0 Å². The summed E-state index contributed by atoms with van der Waals surface area (Å²) in [7, 11) is 1.69. The molecule has 2 heterocycles. The number of carbonyl (C=O) groups is 3. The van der Waals surface area contributed by atoms with Crippen molar-refractivity contribution in [2.75, 3.05) is 5.32 Å². The van der Waals surface area contributed by atoms with E-state index >= 15 is 0 Å². The molecule has 0 saturated carbocycles. The van der Waals surface area contributed by atoms with Crippen LogP contribution in [-0.2, 0) is 34.6 Å². The van der Waals surface area contributed by atoms with Gasteiger partial charge in [0.05, 0.1) is 18.4 Å². The van der Waals surface area contributed by atoms with E-state index in [9.17, 15) is 19.2 Å². The van der Waals surface area contributed by atoms with Crippen molar-refractivity contribution in [3.8, 4) is 5.75 Å². The Balaban J connectivity index is 0.000000289. The molecule has 0 spiro atoms. The van der Waals surface area contributed by atoms with E-state index in [-0.39, 0.29) is 5.76 Å². The molecule has 0 aliphatic heterocycles. The number of anilines is 1. The number of pyridine rings is 1. The van der Waals surface area contributed by atoms with E-state index in [1.54, 1.807) is 19.4 Å². The van der Waals surface area contributed by atoms with Crippen LogP contribution in [0.1, 0.15) is 24.0 Å². The van der Waals surface area contributed by atoms with E-state index in [1.165, 1.54) is 4.57 Å². The van der Waals surface area contributed by atoms with Crippen LogP contribution in [0.2, 0.25) is 0 Å². The normalized spacial score (nSPS) is 10.8. The van der Waals surface area contributed by atoms with Gasteiger partial charge < -0.3 is 34.9 Å². The second-order valence-corrected chi connectivity index (χ2v) is 8.74. The molecule has 2 aromatic carbocycles. The van der Waals surface area contributed by atoms with Crippen molar-refractivity contribution in [1.82, 2.24) is 9.55 Å². The first-order valence-corrected chi connectivity index (χ1v) is 11.8. The molecule has 0 amide bonds. The molecule has 40 heavy (non-hydrogen) atoms. The molecule has 0 saturated heterocycles. The largest absolute Gasteiger partial charge is 0.489 e. The van der Waals surface area contributed by atoms with Crippen LogP contribution >= 0.6 is 0 Å². The Bertz CT molecular complexity index is 1530. The van der Waals surface area contributed by atoms with Gasteiger partial charge in [-0.15, -0.1) is 0 Å². The van der Waals surface area contributed by atoms with E-state index in [4.69, 9.17) is 29.6 Å². The molecule has 4 aromatic rings. The number of ether oxygens (including phenoxy) is 1. The van der Waals surface area contributed by atoms with Gasteiger partial charge in [-0.25, -0.2) is 9.59 Å². The third-order valence-electron chi connectivity index (χ3n) is 5.60. The van der Waals surface area contributed by atoms with Crippen molar-refractivity contribution in [2.45, 2.75) is 31.6 Å². The number of nitrogens with one attached hydrogen (secondary N) is 1. The monoisotopic (exact) mass is 553 g/mol. The SMILES string of the molecule is Cn1c(=O)oc2cc(NCc3cccc(OCc4cccnc4)c3)ccc21.O=C(O)CC(O)(CC(=O)O)C(=O)O. The van der Waals surface area contributed by atoms with Gasteiger partial charge in [0.25, 0.3) is 0 Å². The van der Waals surface area contributed by atoms with Crippen LogP contribution in [0.5, 0.6) is 5.75 Å². The fourth-order valence-corrected chi connectivity index (χ4v) is 3.56. The molecule has 13 nitrogen and oxygen atoms in total. The summed E-state index contributed by atoms with van der Waals surface area (Å²) in [5, 5.41) is 37.2. The highest BCUT2D eigenvalue weighted by Crippen LogP contribution is 2.20. The van der Waals surface area contributed by atoms with Gasteiger partial charge in [-0.3, -0.25) is 19.1 Å². The number of oxazole rings is 1. The average Bonchev–Trinajstić information content (AvgIpc) is 3.19. The van der Waals surface area contributed by atoms with Crippen molar-refractivity contribution < 1.29 is 44.0 Å². The van der Waals surface area contributed by atoms with Crippen molar-refractivity contribution in [2.24, 2.45) is 7.05 Å². The fraction of sp³-hybridized carbons (Fsp3) is 0.222. The highest BCUT2D eigenvalue weighted by molar-refractivity contribution is 5.88. The molecule has 0 fully saturated rings. The van der Waals surface area contributed by atoms with Crippen LogP contribution < -0.4 is 15.8 Å². The Morgan fingerprint density at radius 1 is 1.00 bits per heavy atom. The Morgan fingerprint density at radius 3 is 2.33 bits per heavy atom. The quantitative estimate of drug-likeness (QED) is 0.182. The summed E-state index contributed by atoms with van der Waals surface area (Å²) < 4.78 is 12.6. The first-order chi connectivity index (χ1) is 19.0. The number of aliphatic carboxylic acids is 3. The number of carboxylic acid groups (broad SMARTS) is 3. The molecule has 0 unspecified atom stereocenters. The minimum absolute atomic E-state index is 0.361. The number of aliphatic hydroxyl groups is 1. The summed E-state index contributed by atoms with van der Waals surface area (Å²) in [6.45, 7) is 1.11. The smallest absolute Gasteiger partial charge is 0.419 e. The molecule has 4 rings (SSSR count). The lowest BCUT2D eigenvalue weighted by atomic mass is 9.96. The van der Waals surface area contributed by atoms with E-state index in [1.807, 2.05) is 54.6 Å². The van der Waals surface area contributed by atoms with Crippen LogP contribution in [-0.4, -0.2) is 53.5 Å². The fourth-order valence-electron chi connectivity index (χ4n) is 3.56. The third-order valence-corrected chi connectivity index (χ3v) is 5.60. The maximum Gasteiger partial charge on any atom is 0.419 e. The molecule has 0 radical (unpaired) electrons. The molecule has 0 aliphatic rings. The van der Waals surface area contributed by atoms with Crippen LogP contribution in [0.3, 0.4) is 0 Å². The minimum Gasteiger partial charge on any atom is -0.489 e. The Hall–Kier alpha value is -5.17. The summed E-state index contributed by atoms with van der Waals surface area (Å²) in [4.78, 5) is 46.2. The Morgan fingerprint density at radius 2 is 1.70 bits per heavy atom. The third kappa shape index (κ3) is 8.16. The second-order valence-electron chi connectivity index (χ2n) is 8.74. The lowest BCUT2D eigenvalue weighted by Gasteiger charge is -2.18. The molecule has 13 heteroatoms. The van der Waals surface area contributed by atoms with Crippen LogP contribution in [0.15, 0.2) is 76.2 Å². The zero-order valence-corrected chi connectivity index (χ0v) is 21.3. The van der Waals surface area contributed by atoms with Crippen molar-refractivity contribution in [3.05, 3.63) is 88.7 Å². The summed E-state index contributed by atoms with van der Waals surface area (Å²) in [6, 6.07) is 17.5. The van der Waals surface area contributed by atoms with E-state index in [2.05, 4.69) is 10.3 Å². The number of hydrogen-bond acceptors (Lipinski definition) is 9. The molecule has 0 bridgehead atoms. The first-order valence-electron chi connectivity index (χ1n) is 11.8. The minimum atomic E-state index is -2.74. The molecule has 2 aromatic heterocycles. The van der Waals surface area contributed by atoms with E-state index in [0.717, 1.165) is 28.1 Å². The maximum absolute atomic E-state index is 11.6. The van der Waals surface area contributed by atoms with Gasteiger partial charge in [-0.05, 0) is 35.9 Å². The predicted octanol–water partition coefficient (Wildman–Crippen LogP) is 2.47. The summed E-state index contributed by atoms with van der Waals surface area (Å²) in [6.07, 6.45) is 1.25. The Kier molecular flexibility index (Phi) is 9.60. The first kappa shape index (κ1) is 29.4. The second kappa shape index (κ2) is 13.1. The number of benzene rings is 2. The van der Waals surface area contributed by atoms with Gasteiger partial charge in [0.1, 0.15) is 12.4 Å². The molecule has 210 valence electrons. The van der Waals surface area contributed by atoms with Gasteiger partial charge in [-0.2, -0.15) is 0 Å². The van der Waals surface area contributed by atoms with Crippen LogP contribution in [0.25, 0.3) is 11.1 Å². The maximum atomic E-state index is 11.6. The standard InChI is InChI=1S/C21H19N3O3.C6H8O7/c1-24-19-8-7-17(11-20(19)27-21(24)25)23-13-15-4-2-6-18(10-15)26-14-16-5-3-9-22-12-16;7-3(8)1-6(13,5(11)12)2-4(9)10/h2-12,23H,13-14H2,1H3;13H,1-2H2,(H,7,8)(H,9,10)(H,11,12). The predicted molar refractivity (Wildman–Crippen MR) is 141 cm³/mol. The number of fused-ring (bicyclic) bond motifs is 1. The zero-order valence-electron chi connectivity index (χ0n) is 21.3. The lowest BCUT2D eigenvalue weighted by molar-refractivity contribution is -0.170. The molecule has 5 N–H and O–H groups in total. The van der Waals surface area contributed by atoms with Crippen molar-refractivity contribution in [3.63, 3.8) is 0 Å². The topological polar surface area (TPSA) is 201 Å². The molecule has 0 aliphatic carbocycles. The highest BCUT2D eigenvalue weighted by Gasteiger charge is 2.40.